The van der Waals surface area contributed by atoms with Crippen molar-refractivity contribution in [3.63, 3.8) is 0 Å². The normalized spacial score (nSPS) is 18.9. The van der Waals surface area contributed by atoms with Gasteiger partial charge >= 0.3 is 0 Å². The number of hydrogen-bond donors (Lipinski definition) is 1. The highest BCUT2D eigenvalue weighted by Gasteiger charge is 2.32. The zero-order valence-electron chi connectivity index (χ0n) is 13.5. The highest BCUT2D eigenvalue weighted by atomic mass is 19.2. The largest absolute Gasteiger partial charge is 0.484 e. The molecule has 26 heavy (non-hydrogen) atoms. The molecule has 130 valence electrons. The van der Waals surface area contributed by atoms with Crippen LogP contribution in [0.4, 0.5) is 13.2 Å². The Labute approximate surface area is 147 Å². The van der Waals surface area contributed by atoms with Crippen molar-refractivity contribution in [1.82, 2.24) is 0 Å². The smallest absolute Gasteiger partial charge is 0.161 e. The second kappa shape index (κ2) is 6.04. The Balaban J connectivity index is 1.79. The van der Waals surface area contributed by atoms with Crippen LogP contribution in [0.25, 0.3) is 10.8 Å². The number of fused-ring (bicyclic) bond motifs is 3. The Bertz CT molecular complexity index is 1070. The molecule has 0 bridgehead atoms. The average Bonchev–Trinajstić information content (AvgIpc) is 2.64. The third kappa shape index (κ3) is 2.57. The van der Waals surface area contributed by atoms with Gasteiger partial charge in [0.05, 0.1) is 17.7 Å². The Morgan fingerprint density at radius 3 is 2.54 bits per heavy atom. The van der Waals surface area contributed by atoms with Gasteiger partial charge in [0.15, 0.2) is 11.6 Å². The number of nitrogens with two attached hydrogens (primary N) is 1. The van der Waals surface area contributed by atoms with E-state index in [1.807, 2.05) is 6.07 Å². The lowest BCUT2D eigenvalue weighted by molar-refractivity contribution is 0.149. The molecule has 0 radical (unpaired) electrons. The van der Waals surface area contributed by atoms with Crippen molar-refractivity contribution in [2.24, 2.45) is 5.73 Å². The van der Waals surface area contributed by atoms with Gasteiger partial charge in [0, 0.05) is 17.2 Å². The molecule has 0 aliphatic carbocycles. The summed E-state index contributed by atoms with van der Waals surface area (Å²) in [5.74, 6) is -2.79. The standard InChI is InChI=1S/C20H13F3N2O/c21-15-8-17(23)16(22)6-14(15)20-18(25)7-13-12-3-1-10(9-24)5-11(12)2-4-19(13)26-20/h1-6,8,18,20H,7,25H2/t18-,20+/m0/s1. The minimum Gasteiger partial charge on any atom is -0.484 e. The van der Waals surface area contributed by atoms with Crippen molar-refractivity contribution in [1.29, 1.82) is 5.26 Å². The van der Waals surface area contributed by atoms with Gasteiger partial charge < -0.3 is 10.5 Å². The van der Waals surface area contributed by atoms with Gasteiger partial charge in [0.1, 0.15) is 17.7 Å². The number of hydrogen-bond acceptors (Lipinski definition) is 3. The summed E-state index contributed by atoms with van der Waals surface area (Å²) in [7, 11) is 0. The van der Waals surface area contributed by atoms with Gasteiger partial charge in [-0.25, -0.2) is 13.2 Å². The number of nitriles is 1. The lowest BCUT2D eigenvalue weighted by Gasteiger charge is -2.32. The number of halogens is 3. The SMILES string of the molecule is N#Cc1ccc2c3c(ccc2c1)O[C@H](c1cc(F)c(F)cc1F)[C@@H](N)C3. The van der Waals surface area contributed by atoms with Crippen molar-refractivity contribution in [2.45, 2.75) is 18.6 Å². The van der Waals surface area contributed by atoms with Gasteiger partial charge in [-0.05, 0) is 41.5 Å². The first-order valence-corrected chi connectivity index (χ1v) is 8.00. The van der Waals surface area contributed by atoms with Crippen LogP contribution >= 0.6 is 0 Å². The first kappa shape index (κ1) is 16.4. The molecular formula is C20H13F3N2O. The number of ether oxygens (including phenoxy) is 1. The summed E-state index contributed by atoms with van der Waals surface area (Å²) < 4.78 is 46.7. The second-order valence-corrected chi connectivity index (χ2v) is 6.28. The summed E-state index contributed by atoms with van der Waals surface area (Å²) in [6.07, 6.45) is -0.546. The van der Waals surface area contributed by atoms with E-state index in [-0.39, 0.29) is 5.56 Å². The highest BCUT2D eigenvalue weighted by Crippen LogP contribution is 2.39. The van der Waals surface area contributed by atoms with E-state index in [1.165, 1.54) is 0 Å². The van der Waals surface area contributed by atoms with Crippen molar-refractivity contribution in [2.75, 3.05) is 0 Å². The number of rotatable bonds is 1. The molecule has 0 unspecified atom stereocenters. The van der Waals surface area contributed by atoms with Gasteiger partial charge in [-0.2, -0.15) is 5.26 Å². The lowest BCUT2D eigenvalue weighted by Crippen LogP contribution is -2.38. The second-order valence-electron chi connectivity index (χ2n) is 6.28. The van der Waals surface area contributed by atoms with E-state index in [2.05, 4.69) is 6.07 Å². The third-order valence-electron chi connectivity index (χ3n) is 4.65. The van der Waals surface area contributed by atoms with Crippen LogP contribution in [-0.2, 0) is 6.42 Å². The van der Waals surface area contributed by atoms with E-state index in [4.69, 9.17) is 15.7 Å². The molecular weight excluding hydrogens is 341 g/mol. The van der Waals surface area contributed by atoms with Crippen molar-refractivity contribution < 1.29 is 17.9 Å². The van der Waals surface area contributed by atoms with Crippen LogP contribution in [0, 0.1) is 28.8 Å². The minimum atomic E-state index is -1.25. The summed E-state index contributed by atoms with van der Waals surface area (Å²) in [5, 5.41) is 10.8. The molecule has 6 heteroatoms. The molecule has 3 aromatic rings. The Morgan fingerprint density at radius 2 is 1.77 bits per heavy atom. The molecule has 4 rings (SSSR count). The zero-order valence-corrected chi connectivity index (χ0v) is 13.5. The van der Waals surface area contributed by atoms with Gasteiger partial charge in [-0.3, -0.25) is 0 Å². The van der Waals surface area contributed by atoms with E-state index in [1.54, 1.807) is 24.3 Å². The summed E-state index contributed by atoms with van der Waals surface area (Å²) in [6.45, 7) is 0. The summed E-state index contributed by atoms with van der Waals surface area (Å²) in [4.78, 5) is 0. The molecule has 0 fully saturated rings. The average molecular weight is 354 g/mol. The Hall–Kier alpha value is -3.04. The van der Waals surface area contributed by atoms with Crippen LogP contribution in [0.3, 0.4) is 0 Å². The molecule has 0 amide bonds. The maximum atomic E-state index is 14.1. The van der Waals surface area contributed by atoms with Crippen LogP contribution < -0.4 is 10.5 Å². The molecule has 1 aliphatic rings. The molecule has 0 aromatic heterocycles. The highest BCUT2D eigenvalue weighted by molar-refractivity contribution is 5.89. The van der Waals surface area contributed by atoms with Crippen LogP contribution in [-0.4, -0.2) is 6.04 Å². The van der Waals surface area contributed by atoms with E-state index in [0.29, 0.717) is 23.8 Å². The summed E-state index contributed by atoms with van der Waals surface area (Å²) >= 11 is 0. The molecule has 2 N–H and O–H groups in total. The van der Waals surface area contributed by atoms with E-state index < -0.39 is 29.6 Å². The van der Waals surface area contributed by atoms with Gasteiger partial charge in [-0.15, -0.1) is 0 Å². The van der Waals surface area contributed by atoms with Gasteiger partial charge in [0.25, 0.3) is 0 Å². The topological polar surface area (TPSA) is 59.0 Å². The van der Waals surface area contributed by atoms with E-state index >= 15 is 0 Å². The van der Waals surface area contributed by atoms with Crippen molar-refractivity contribution in [3.8, 4) is 11.8 Å². The fourth-order valence-electron chi connectivity index (χ4n) is 3.38. The van der Waals surface area contributed by atoms with Gasteiger partial charge in [0.2, 0.25) is 0 Å². The van der Waals surface area contributed by atoms with Crippen LogP contribution in [0.1, 0.15) is 22.8 Å². The van der Waals surface area contributed by atoms with Crippen LogP contribution in [0.2, 0.25) is 0 Å². The fourth-order valence-corrected chi connectivity index (χ4v) is 3.38. The zero-order chi connectivity index (χ0) is 18.4. The molecule has 1 aliphatic heterocycles. The maximum Gasteiger partial charge on any atom is 0.161 e. The summed E-state index contributed by atoms with van der Waals surface area (Å²) in [5.41, 5.74) is 7.45. The van der Waals surface area contributed by atoms with E-state index in [9.17, 15) is 13.2 Å². The molecule has 0 saturated carbocycles. The number of benzene rings is 3. The van der Waals surface area contributed by atoms with Gasteiger partial charge in [-0.1, -0.05) is 12.1 Å². The van der Waals surface area contributed by atoms with Crippen LogP contribution in [0.5, 0.6) is 5.75 Å². The quantitative estimate of drug-likeness (QED) is 0.669. The third-order valence-corrected chi connectivity index (χ3v) is 4.65. The fraction of sp³-hybridized carbons (Fsp3) is 0.150. The molecule has 2 atom stereocenters. The predicted molar refractivity (Wildman–Crippen MR) is 90.0 cm³/mol. The Kier molecular flexibility index (Phi) is 3.82. The predicted octanol–water partition coefficient (Wildman–Crippen LogP) is 4.13. The molecule has 3 nitrogen and oxygen atoms in total. The minimum absolute atomic E-state index is 0.109. The first-order valence-electron chi connectivity index (χ1n) is 8.00. The first-order chi connectivity index (χ1) is 12.5. The van der Waals surface area contributed by atoms with E-state index in [0.717, 1.165) is 22.4 Å². The number of nitrogens with zero attached hydrogens (tertiary/aromatic N) is 1. The summed E-state index contributed by atoms with van der Waals surface area (Å²) in [6, 6.07) is 11.5. The maximum absolute atomic E-state index is 14.1. The lowest BCUT2D eigenvalue weighted by atomic mass is 9.89. The molecule has 3 aromatic carbocycles. The monoisotopic (exact) mass is 354 g/mol. The van der Waals surface area contributed by atoms with Crippen LogP contribution in [0.15, 0.2) is 42.5 Å². The molecule has 1 heterocycles. The van der Waals surface area contributed by atoms with Crippen molar-refractivity contribution in [3.05, 3.63) is 76.6 Å². The van der Waals surface area contributed by atoms with Crippen molar-refractivity contribution >= 4 is 10.8 Å². The molecule has 0 saturated heterocycles. The Morgan fingerprint density at radius 1 is 1.00 bits per heavy atom. The molecule has 0 spiro atoms.